The minimum atomic E-state index is -3.49. The molecule has 1 aromatic heterocycles. The number of nitrogens with one attached hydrogen (secondary N) is 2. The molecule has 158 valence electrons. The number of carbonyl (C=O) groups is 1. The zero-order valence-electron chi connectivity index (χ0n) is 16.5. The number of hydrogen-bond donors (Lipinski definition) is 2. The number of thiophene rings is 1. The van der Waals surface area contributed by atoms with Crippen molar-refractivity contribution in [2.24, 2.45) is 0 Å². The molecule has 3 rings (SSSR count). The summed E-state index contributed by atoms with van der Waals surface area (Å²) in [6.07, 6.45) is 1.62. The summed E-state index contributed by atoms with van der Waals surface area (Å²) in [7, 11) is -3.49. The first-order valence-corrected chi connectivity index (χ1v) is 12.3. The van der Waals surface area contributed by atoms with E-state index in [9.17, 15) is 13.2 Å². The van der Waals surface area contributed by atoms with Crippen LogP contribution in [-0.2, 0) is 16.6 Å². The van der Waals surface area contributed by atoms with Crippen LogP contribution in [0.4, 0.5) is 0 Å². The van der Waals surface area contributed by atoms with Crippen molar-refractivity contribution in [2.45, 2.75) is 49.5 Å². The van der Waals surface area contributed by atoms with E-state index >= 15 is 0 Å². The Morgan fingerprint density at radius 2 is 1.83 bits per heavy atom. The fraction of sp³-hybridized carbons (Fsp3) is 0.450. The van der Waals surface area contributed by atoms with Crippen LogP contribution in [0.15, 0.2) is 40.6 Å². The van der Waals surface area contributed by atoms with Gasteiger partial charge in [0.1, 0.15) is 4.21 Å². The topological polar surface area (TPSA) is 78.5 Å². The highest BCUT2D eigenvalue weighted by Crippen LogP contribution is 2.27. The highest BCUT2D eigenvalue weighted by atomic mass is 35.5. The third-order valence-corrected chi connectivity index (χ3v) is 8.49. The number of halogens is 1. The maximum Gasteiger partial charge on any atom is 0.252 e. The lowest BCUT2D eigenvalue weighted by Gasteiger charge is -2.32. The average molecular weight is 456 g/mol. The molecule has 1 saturated heterocycles. The maximum atomic E-state index is 12.9. The van der Waals surface area contributed by atoms with Crippen molar-refractivity contribution in [3.05, 3.63) is 51.9 Å². The summed E-state index contributed by atoms with van der Waals surface area (Å²) in [4.78, 5) is 13.0. The van der Waals surface area contributed by atoms with Crippen LogP contribution in [0.5, 0.6) is 0 Å². The largest absolute Gasteiger partial charge is 0.347 e. The smallest absolute Gasteiger partial charge is 0.252 e. The van der Waals surface area contributed by atoms with Crippen molar-refractivity contribution in [3.8, 4) is 0 Å². The number of carbonyl (C=O) groups excluding carboxylic acids is 1. The van der Waals surface area contributed by atoms with Crippen LogP contribution in [0.2, 0.25) is 5.02 Å². The Balaban J connectivity index is 1.57. The van der Waals surface area contributed by atoms with E-state index in [0.29, 0.717) is 40.0 Å². The van der Waals surface area contributed by atoms with E-state index in [4.69, 9.17) is 11.6 Å². The molecule has 0 unspecified atom stereocenters. The molecular formula is C20H26ClN3O3S2. The zero-order chi connectivity index (χ0) is 21.0. The molecule has 29 heavy (non-hydrogen) atoms. The van der Waals surface area contributed by atoms with Crippen molar-refractivity contribution < 1.29 is 13.2 Å². The van der Waals surface area contributed by atoms with Gasteiger partial charge in [0.25, 0.3) is 15.9 Å². The Morgan fingerprint density at radius 1 is 1.17 bits per heavy atom. The van der Waals surface area contributed by atoms with Gasteiger partial charge >= 0.3 is 0 Å². The van der Waals surface area contributed by atoms with Gasteiger partial charge in [-0.25, -0.2) is 8.42 Å². The minimum absolute atomic E-state index is 0.223. The van der Waals surface area contributed by atoms with Gasteiger partial charge < -0.3 is 10.6 Å². The van der Waals surface area contributed by atoms with Gasteiger partial charge in [0, 0.05) is 40.6 Å². The quantitative estimate of drug-likeness (QED) is 0.669. The number of piperidine rings is 1. The Hall–Kier alpha value is -1.45. The van der Waals surface area contributed by atoms with Crippen molar-refractivity contribution in [3.63, 3.8) is 0 Å². The van der Waals surface area contributed by atoms with E-state index in [-0.39, 0.29) is 12.5 Å². The second-order valence-corrected chi connectivity index (χ2v) is 11.2. The van der Waals surface area contributed by atoms with Crippen LogP contribution >= 0.6 is 22.9 Å². The van der Waals surface area contributed by atoms with Crippen LogP contribution in [0.25, 0.3) is 0 Å². The SMILES string of the molecule is CC(C)NC1CCN(S(=O)(=O)c2ccc(CNC(=O)c3ccc(Cl)cc3)s2)CC1. The second kappa shape index (κ2) is 9.57. The summed E-state index contributed by atoms with van der Waals surface area (Å²) in [5.74, 6) is -0.223. The number of amides is 1. The Kier molecular flexibility index (Phi) is 7.34. The van der Waals surface area contributed by atoms with E-state index < -0.39 is 10.0 Å². The number of sulfonamides is 1. The Bertz CT molecular complexity index is 934. The summed E-state index contributed by atoms with van der Waals surface area (Å²) < 4.78 is 27.8. The van der Waals surface area contributed by atoms with Gasteiger partial charge in [0.2, 0.25) is 0 Å². The van der Waals surface area contributed by atoms with E-state index in [0.717, 1.165) is 17.7 Å². The molecule has 0 radical (unpaired) electrons. The summed E-state index contributed by atoms with van der Waals surface area (Å²) in [5, 5.41) is 6.86. The minimum Gasteiger partial charge on any atom is -0.347 e. The monoisotopic (exact) mass is 455 g/mol. The molecule has 0 atom stereocenters. The number of hydrogen-bond acceptors (Lipinski definition) is 5. The van der Waals surface area contributed by atoms with Gasteiger partial charge in [0.15, 0.2) is 0 Å². The third kappa shape index (κ3) is 5.79. The van der Waals surface area contributed by atoms with Crippen LogP contribution in [0.1, 0.15) is 41.9 Å². The summed E-state index contributed by atoms with van der Waals surface area (Å²) >= 11 is 7.04. The predicted octanol–water partition coefficient (Wildman–Crippen LogP) is 3.48. The van der Waals surface area contributed by atoms with Gasteiger partial charge in [-0.3, -0.25) is 4.79 Å². The summed E-state index contributed by atoms with van der Waals surface area (Å²) in [6.45, 7) is 5.52. The second-order valence-electron chi connectivity index (χ2n) is 7.41. The van der Waals surface area contributed by atoms with Crippen molar-refractivity contribution in [2.75, 3.05) is 13.1 Å². The van der Waals surface area contributed by atoms with Crippen molar-refractivity contribution >= 4 is 38.9 Å². The molecular weight excluding hydrogens is 430 g/mol. The molecule has 6 nitrogen and oxygen atoms in total. The van der Waals surface area contributed by atoms with Crippen LogP contribution in [0.3, 0.4) is 0 Å². The first-order valence-electron chi connectivity index (χ1n) is 9.64. The molecule has 2 N–H and O–H groups in total. The molecule has 1 aliphatic rings. The van der Waals surface area contributed by atoms with Gasteiger partial charge in [-0.2, -0.15) is 4.31 Å². The van der Waals surface area contributed by atoms with E-state index in [2.05, 4.69) is 24.5 Å². The fourth-order valence-electron chi connectivity index (χ4n) is 3.32. The highest BCUT2D eigenvalue weighted by Gasteiger charge is 2.30. The van der Waals surface area contributed by atoms with Gasteiger partial charge in [0.05, 0.1) is 6.54 Å². The standard InChI is InChI=1S/C20H26ClN3O3S2/c1-14(2)23-17-9-11-24(12-10-17)29(26,27)19-8-7-18(28-19)13-22-20(25)15-3-5-16(21)6-4-15/h3-8,14,17,23H,9-13H2,1-2H3,(H,22,25). The fourth-order valence-corrected chi connectivity index (χ4v) is 6.37. The Labute approximate surface area is 181 Å². The molecule has 2 aromatic rings. The maximum absolute atomic E-state index is 12.9. The molecule has 0 spiro atoms. The van der Waals surface area contributed by atoms with Gasteiger partial charge in [-0.05, 0) is 49.2 Å². The molecule has 9 heteroatoms. The lowest BCUT2D eigenvalue weighted by atomic mass is 10.1. The molecule has 2 heterocycles. The first kappa shape index (κ1) is 22.2. The van der Waals surface area contributed by atoms with Crippen molar-refractivity contribution in [1.29, 1.82) is 0 Å². The lowest BCUT2D eigenvalue weighted by molar-refractivity contribution is 0.0951. The number of nitrogens with zero attached hydrogens (tertiary/aromatic N) is 1. The van der Waals surface area contributed by atoms with Crippen LogP contribution < -0.4 is 10.6 Å². The molecule has 1 aromatic carbocycles. The molecule has 1 aliphatic heterocycles. The van der Waals surface area contributed by atoms with Crippen LogP contribution in [0, 0.1) is 0 Å². The Morgan fingerprint density at radius 3 is 2.45 bits per heavy atom. The molecule has 0 bridgehead atoms. The molecule has 0 aliphatic carbocycles. The van der Waals surface area contributed by atoms with E-state index in [1.165, 1.54) is 11.3 Å². The average Bonchev–Trinajstić information content (AvgIpc) is 3.16. The van der Waals surface area contributed by atoms with Gasteiger partial charge in [-0.1, -0.05) is 25.4 Å². The van der Waals surface area contributed by atoms with Crippen LogP contribution in [-0.4, -0.2) is 43.8 Å². The molecule has 1 fully saturated rings. The lowest BCUT2D eigenvalue weighted by Crippen LogP contribution is -2.46. The molecule has 1 amide bonds. The predicted molar refractivity (Wildman–Crippen MR) is 117 cm³/mol. The van der Waals surface area contributed by atoms with E-state index in [1.54, 1.807) is 40.7 Å². The number of rotatable bonds is 7. The third-order valence-electron chi connectivity index (χ3n) is 4.78. The van der Waals surface area contributed by atoms with Crippen molar-refractivity contribution in [1.82, 2.24) is 14.9 Å². The summed E-state index contributed by atoms with van der Waals surface area (Å²) in [6, 6.07) is 10.8. The zero-order valence-corrected chi connectivity index (χ0v) is 18.9. The van der Waals surface area contributed by atoms with E-state index in [1.807, 2.05) is 0 Å². The van der Waals surface area contributed by atoms with Gasteiger partial charge in [-0.15, -0.1) is 11.3 Å². The normalized spacial score (nSPS) is 16.3. The number of benzene rings is 1. The summed E-state index contributed by atoms with van der Waals surface area (Å²) in [5.41, 5.74) is 0.511. The highest BCUT2D eigenvalue weighted by molar-refractivity contribution is 7.91. The molecule has 0 saturated carbocycles. The first-order chi connectivity index (χ1) is 13.8.